The number of carbonyl (C=O) groups is 1. The molecule has 29 heavy (non-hydrogen) atoms. The number of carbonyl (C=O) groups excluding carboxylic acids is 1. The number of ether oxygens (including phenoxy) is 1. The maximum atomic E-state index is 13.2. The van der Waals surface area contributed by atoms with Gasteiger partial charge in [0.1, 0.15) is 6.54 Å². The van der Waals surface area contributed by atoms with E-state index in [1.165, 1.54) is 20.0 Å². The molecule has 1 saturated carbocycles. The first-order chi connectivity index (χ1) is 13.9. The van der Waals surface area contributed by atoms with Crippen LogP contribution in [0.3, 0.4) is 0 Å². The fraction of sp³-hybridized carbons (Fsp3) is 0.429. The maximum Gasteiger partial charge on any atom is 0.337 e. The average Bonchev–Trinajstić information content (AvgIpc) is 3.43. The highest BCUT2D eigenvalue weighted by Crippen LogP contribution is 2.32. The predicted octanol–water partition coefficient (Wildman–Crippen LogP) is 2.37. The summed E-state index contributed by atoms with van der Waals surface area (Å²) in [5.74, 6) is -0.0896. The van der Waals surface area contributed by atoms with Crippen LogP contribution in [-0.4, -0.2) is 31.3 Å². The lowest BCUT2D eigenvalue weighted by Gasteiger charge is -2.13. The molecule has 0 amide bonds. The van der Waals surface area contributed by atoms with Crippen molar-refractivity contribution in [1.82, 2.24) is 18.7 Å². The van der Waals surface area contributed by atoms with Crippen molar-refractivity contribution in [2.75, 3.05) is 6.61 Å². The molecule has 0 N–H and O–H groups in total. The zero-order chi connectivity index (χ0) is 20.7. The Balaban J connectivity index is 1.94. The van der Waals surface area contributed by atoms with Crippen molar-refractivity contribution in [2.45, 2.75) is 52.1 Å². The second-order valence-corrected chi connectivity index (χ2v) is 7.62. The van der Waals surface area contributed by atoms with E-state index in [2.05, 4.69) is 18.8 Å². The highest BCUT2D eigenvalue weighted by atomic mass is 16.5. The monoisotopic (exact) mass is 396 g/mol. The lowest BCUT2D eigenvalue weighted by atomic mass is 10.0. The Labute approximate surface area is 167 Å². The summed E-state index contributed by atoms with van der Waals surface area (Å²) in [6.07, 6.45) is 3.00. The van der Waals surface area contributed by atoms with Crippen LogP contribution in [-0.2, 0) is 16.1 Å². The molecule has 0 saturated heterocycles. The number of fused-ring (bicyclic) bond motifs is 1. The number of rotatable bonds is 6. The van der Waals surface area contributed by atoms with Crippen molar-refractivity contribution < 1.29 is 9.53 Å². The summed E-state index contributed by atoms with van der Waals surface area (Å²) in [5, 5.41) is 0. The number of imidazole rings is 1. The third kappa shape index (κ3) is 3.39. The fourth-order valence-electron chi connectivity index (χ4n) is 3.51. The molecule has 152 valence electrons. The number of esters is 1. The van der Waals surface area contributed by atoms with Crippen LogP contribution >= 0.6 is 0 Å². The van der Waals surface area contributed by atoms with Gasteiger partial charge >= 0.3 is 11.7 Å². The Kier molecular flexibility index (Phi) is 4.86. The van der Waals surface area contributed by atoms with Gasteiger partial charge in [-0.3, -0.25) is 14.2 Å². The van der Waals surface area contributed by atoms with Gasteiger partial charge in [0.15, 0.2) is 11.2 Å². The van der Waals surface area contributed by atoms with Crippen LogP contribution in [0.1, 0.15) is 51.1 Å². The molecule has 8 heteroatoms. The van der Waals surface area contributed by atoms with Crippen molar-refractivity contribution in [3.05, 3.63) is 57.0 Å². The van der Waals surface area contributed by atoms with Crippen LogP contribution in [0.25, 0.3) is 16.9 Å². The third-order valence-electron chi connectivity index (χ3n) is 5.18. The van der Waals surface area contributed by atoms with E-state index in [-0.39, 0.29) is 30.4 Å². The van der Waals surface area contributed by atoms with Crippen LogP contribution in [0.5, 0.6) is 0 Å². The van der Waals surface area contributed by atoms with Gasteiger partial charge in [-0.25, -0.2) is 14.3 Å². The van der Waals surface area contributed by atoms with Gasteiger partial charge in [-0.2, -0.15) is 0 Å². The molecule has 0 unspecified atom stereocenters. The zero-order valence-corrected chi connectivity index (χ0v) is 16.8. The van der Waals surface area contributed by atoms with Crippen LogP contribution in [0.15, 0.2) is 40.2 Å². The number of nitrogens with zero attached hydrogens (tertiary/aromatic N) is 4. The first kappa shape index (κ1) is 19.2. The van der Waals surface area contributed by atoms with Gasteiger partial charge in [0.25, 0.3) is 5.56 Å². The quantitative estimate of drug-likeness (QED) is 0.597. The number of benzene rings is 1. The summed E-state index contributed by atoms with van der Waals surface area (Å²) in [5.41, 5.74) is 1.46. The maximum absolute atomic E-state index is 13.2. The van der Waals surface area contributed by atoms with E-state index in [4.69, 9.17) is 4.74 Å². The fourth-order valence-corrected chi connectivity index (χ4v) is 3.51. The molecule has 3 aromatic rings. The molecule has 2 aromatic heterocycles. The van der Waals surface area contributed by atoms with Crippen LogP contribution in [0, 0.1) is 0 Å². The SMILES string of the molecule is CCOC(=O)Cn1cnc2c1c(=O)n(C1CC1)c(=O)n2-c1ccc(C(C)C)cc1. The van der Waals surface area contributed by atoms with E-state index in [1.54, 1.807) is 6.92 Å². The first-order valence-electron chi connectivity index (χ1n) is 9.90. The molecule has 2 heterocycles. The molecule has 0 aliphatic heterocycles. The third-order valence-corrected chi connectivity index (χ3v) is 5.18. The molecule has 0 atom stereocenters. The molecule has 8 nitrogen and oxygen atoms in total. The predicted molar refractivity (Wildman–Crippen MR) is 109 cm³/mol. The van der Waals surface area contributed by atoms with Crippen molar-refractivity contribution in [3.8, 4) is 5.69 Å². The minimum absolute atomic E-state index is 0.105. The van der Waals surface area contributed by atoms with Crippen molar-refractivity contribution in [2.24, 2.45) is 0 Å². The van der Waals surface area contributed by atoms with E-state index in [0.717, 1.165) is 18.4 Å². The van der Waals surface area contributed by atoms with Gasteiger partial charge in [0.2, 0.25) is 0 Å². The van der Waals surface area contributed by atoms with Crippen molar-refractivity contribution in [1.29, 1.82) is 0 Å². The van der Waals surface area contributed by atoms with E-state index >= 15 is 0 Å². The van der Waals surface area contributed by atoms with Crippen LogP contribution in [0.2, 0.25) is 0 Å². The molecule has 0 bridgehead atoms. The topological polar surface area (TPSA) is 88.1 Å². The van der Waals surface area contributed by atoms with Gasteiger partial charge in [-0.1, -0.05) is 26.0 Å². The Morgan fingerprint density at radius 3 is 2.48 bits per heavy atom. The number of hydrogen-bond donors (Lipinski definition) is 0. The lowest BCUT2D eigenvalue weighted by Crippen LogP contribution is -2.39. The minimum Gasteiger partial charge on any atom is -0.465 e. The lowest BCUT2D eigenvalue weighted by molar-refractivity contribution is -0.143. The summed E-state index contributed by atoms with van der Waals surface area (Å²) in [6.45, 7) is 6.05. The Morgan fingerprint density at radius 2 is 1.90 bits per heavy atom. The normalized spacial score (nSPS) is 13.9. The standard InChI is InChI=1S/C21H24N4O4/c1-4-29-17(26)11-23-12-22-19-18(23)20(27)25(16-9-10-16)21(28)24(19)15-7-5-14(6-8-15)13(2)3/h5-8,12-13,16H,4,9-11H2,1-3H3. The molecule has 1 aromatic carbocycles. The molecule has 1 aliphatic carbocycles. The Morgan fingerprint density at radius 1 is 1.21 bits per heavy atom. The Bertz CT molecular complexity index is 1180. The first-order valence-corrected chi connectivity index (χ1v) is 9.90. The second kappa shape index (κ2) is 7.35. The minimum atomic E-state index is -0.455. The zero-order valence-electron chi connectivity index (χ0n) is 16.8. The molecule has 1 aliphatic rings. The molecule has 0 spiro atoms. The van der Waals surface area contributed by atoms with E-state index < -0.39 is 17.2 Å². The largest absolute Gasteiger partial charge is 0.465 e. The molecule has 0 radical (unpaired) electrons. The average molecular weight is 396 g/mol. The summed E-state index contributed by atoms with van der Waals surface area (Å²) in [4.78, 5) is 42.6. The van der Waals surface area contributed by atoms with Gasteiger partial charge in [-0.15, -0.1) is 0 Å². The van der Waals surface area contributed by atoms with Gasteiger partial charge in [-0.05, 0) is 43.4 Å². The van der Waals surface area contributed by atoms with Gasteiger partial charge < -0.3 is 9.30 Å². The molecule has 1 fully saturated rings. The van der Waals surface area contributed by atoms with Gasteiger partial charge in [0, 0.05) is 6.04 Å². The summed E-state index contributed by atoms with van der Waals surface area (Å²) < 4.78 is 9.22. The Hall–Kier alpha value is -3.16. The number of aromatic nitrogens is 4. The van der Waals surface area contributed by atoms with E-state index in [1.807, 2.05) is 24.3 Å². The highest BCUT2D eigenvalue weighted by Gasteiger charge is 2.30. The van der Waals surface area contributed by atoms with E-state index in [9.17, 15) is 14.4 Å². The molecular weight excluding hydrogens is 372 g/mol. The van der Waals surface area contributed by atoms with Crippen LogP contribution < -0.4 is 11.2 Å². The summed E-state index contributed by atoms with van der Waals surface area (Å²) in [7, 11) is 0. The second-order valence-electron chi connectivity index (χ2n) is 7.62. The van der Waals surface area contributed by atoms with Gasteiger partial charge in [0.05, 0.1) is 18.6 Å². The summed E-state index contributed by atoms with van der Waals surface area (Å²) >= 11 is 0. The molecule has 4 rings (SSSR count). The van der Waals surface area contributed by atoms with Crippen molar-refractivity contribution >= 4 is 17.1 Å². The summed E-state index contributed by atoms with van der Waals surface area (Å²) in [6, 6.07) is 7.57. The van der Waals surface area contributed by atoms with Crippen LogP contribution in [0.4, 0.5) is 0 Å². The van der Waals surface area contributed by atoms with E-state index in [0.29, 0.717) is 11.6 Å². The highest BCUT2D eigenvalue weighted by molar-refractivity contribution is 5.76. The molecular formula is C21H24N4O4. The number of hydrogen-bond acceptors (Lipinski definition) is 5. The van der Waals surface area contributed by atoms with Crippen molar-refractivity contribution in [3.63, 3.8) is 0 Å². The smallest absolute Gasteiger partial charge is 0.337 e.